The van der Waals surface area contributed by atoms with Crippen molar-refractivity contribution in [2.75, 3.05) is 31.1 Å². The molecule has 126 valence electrons. The Kier molecular flexibility index (Phi) is 5.65. The molecule has 4 nitrogen and oxygen atoms in total. The number of amides is 2. The second-order valence-corrected chi connectivity index (χ2v) is 7.02. The van der Waals surface area contributed by atoms with E-state index in [4.69, 9.17) is 11.6 Å². The standard InChI is InChI=1S/C18H26ClN3O/c19-15-7-9-17(10-8-15)21-11-13-22(14-12-21)18(23)20-16-5-3-1-2-4-6-16/h7-10,16H,1-6,11-14H2,(H,20,23). The number of hydrogen-bond donors (Lipinski definition) is 1. The lowest BCUT2D eigenvalue weighted by Crippen LogP contribution is -2.53. The average molecular weight is 336 g/mol. The van der Waals surface area contributed by atoms with Crippen LogP contribution in [0.5, 0.6) is 0 Å². The Morgan fingerprint density at radius 2 is 1.57 bits per heavy atom. The van der Waals surface area contributed by atoms with E-state index in [0.717, 1.165) is 44.0 Å². The third kappa shape index (κ3) is 4.54. The van der Waals surface area contributed by atoms with Crippen molar-refractivity contribution in [3.63, 3.8) is 0 Å². The second-order valence-electron chi connectivity index (χ2n) is 6.59. The summed E-state index contributed by atoms with van der Waals surface area (Å²) in [6, 6.07) is 8.42. The molecule has 0 aromatic heterocycles. The van der Waals surface area contributed by atoms with Crippen LogP contribution >= 0.6 is 11.6 Å². The van der Waals surface area contributed by atoms with Gasteiger partial charge in [-0.15, -0.1) is 0 Å². The number of carbonyl (C=O) groups is 1. The van der Waals surface area contributed by atoms with E-state index in [2.05, 4.69) is 10.2 Å². The summed E-state index contributed by atoms with van der Waals surface area (Å²) in [6.07, 6.45) is 7.38. The normalized spacial score (nSPS) is 20.2. The first kappa shape index (κ1) is 16.4. The number of rotatable bonds is 2. The smallest absolute Gasteiger partial charge is 0.317 e. The van der Waals surface area contributed by atoms with Gasteiger partial charge in [0.25, 0.3) is 0 Å². The Hall–Kier alpha value is -1.42. The molecular weight excluding hydrogens is 310 g/mol. The zero-order valence-electron chi connectivity index (χ0n) is 13.6. The van der Waals surface area contributed by atoms with Crippen molar-refractivity contribution in [3.8, 4) is 0 Å². The molecule has 1 N–H and O–H groups in total. The first-order chi connectivity index (χ1) is 11.2. The number of nitrogens with one attached hydrogen (secondary N) is 1. The van der Waals surface area contributed by atoms with Gasteiger partial charge in [-0.25, -0.2) is 4.79 Å². The molecule has 2 fully saturated rings. The van der Waals surface area contributed by atoms with Crippen LogP contribution in [0.15, 0.2) is 24.3 Å². The Bertz CT molecular complexity index is 504. The van der Waals surface area contributed by atoms with E-state index in [9.17, 15) is 4.79 Å². The van der Waals surface area contributed by atoms with Gasteiger partial charge in [-0.3, -0.25) is 0 Å². The summed E-state index contributed by atoms with van der Waals surface area (Å²) in [5.74, 6) is 0. The number of carbonyl (C=O) groups excluding carboxylic acids is 1. The molecule has 0 atom stereocenters. The number of urea groups is 1. The maximum absolute atomic E-state index is 12.4. The van der Waals surface area contributed by atoms with Gasteiger partial charge in [-0.2, -0.15) is 0 Å². The number of piperazine rings is 1. The van der Waals surface area contributed by atoms with Crippen LogP contribution in [-0.2, 0) is 0 Å². The molecule has 1 aliphatic carbocycles. The van der Waals surface area contributed by atoms with Crippen LogP contribution in [0, 0.1) is 0 Å². The molecule has 0 unspecified atom stereocenters. The van der Waals surface area contributed by atoms with Crippen molar-refractivity contribution < 1.29 is 4.79 Å². The SMILES string of the molecule is O=C(NC1CCCCCC1)N1CCN(c2ccc(Cl)cc2)CC1. The number of nitrogens with zero attached hydrogens (tertiary/aromatic N) is 2. The van der Waals surface area contributed by atoms with Crippen molar-refractivity contribution in [2.45, 2.75) is 44.6 Å². The van der Waals surface area contributed by atoms with Gasteiger partial charge < -0.3 is 15.1 Å². The molecule has 1 saturated heterocycles. The molecule has 0 spiro atoms. The Balaban J connectivity index is 1.48. The molecule has 2 amide bonds. The zero-order valence-corrected chi connectivity index (χ0v) is 14.4. The van der Waals surface area contributed by atoms with Crippen molar-refractivity contribution in [3.05, 3.63) is 29.3 Å². The largest absolute Gasteiger partial charge is 0.368 e. The first-order valence-electron chi connectivity index (χ1n) is 8.78. The molecule has 0 bridgehead atoms. The van der Waals surface area contributed by atoms with Gasteiger partial charge in [-0.05, 0) is 37.1 Å². The molecule has 2 aliphatic rings. The van der Waals surface area contributed by atoms with Gasteiger partial charge in [0.2, 0.25) is 0 Å². The van der Waals surface area contributed by atoms with E-state index in [0.29, 0.717) is 6.04 Å². The van der Waals surface area contributed by atoms with Crippen molar-refractivity contribution >= 4 is 23.3 Å². The van der Waals surface area contributed by atoms with Crippen LogP contribution in [-0.4, -0.2) is 43.2 Å². The van der Waals surface area contributed by atoms with Crippen LogP contribution in [0.4, 0.5) is 10.5 Å². The minimum absolute atomic E-state index is 0.118. The summed E-state index contributed by atoms with van der Waals surface area (Å²) in [4.78, 5) is 16.7. The average Bonchev–Trinajstić information content (AvgIpc) is 2.84. The Morgan fingerprint density at radius 1 is 0.957 bits per heavy atom. The third-order valence-electron chi connectivity index (χ3n) is 4.94. The quantitative estimate of drug-likeness (QED) is 0.832. The molecule has 1 aromatic rings. The predicted octanol–water partition coefficient (Wildman–Crippen LogP) is 3.89. The summed E-state index contributed by atoms with van der Waals surface area (Å²) < 4.78 is 0. The first-order valence-corrected chi connectivity index (χ1v) is 9.16. The van der Waals surface area contributed by atoms with Gasteiger partial charge in [0.05, 0.1) is 0 Å². The van der Waals surface area contributed by atoms with Gasteiger partial charge in [0.1, 0.15) is 0 Å². The topological polar surface area (TPSA) is 35.6 Å². The fourth-order valence-electron chi connectivity index (χ4n) is 3.51. The molecule has 1 heterocycles. The van der Waals surface area contributed by atoms with Crippen LogP contribution in [0.1, 0.15) is 38.5 Å². The van der Waals surface area contributed by atoms with Crippen LogP contribution in [0.3, 0.4) is 0 Å². The van der Waals surface area contributed by atoms with Crippen molar-refractivity contribution in [1.29, 1.82) is 0 Å². The maximum atomic E-state index is 12.4. The number of halogens is 1. The maximum Gasteiger partial charge on any atom is 0.317 e. The van der Waals surface area contributed by atoms with Crippen LogP contribution < -0.4 is 10.2 Å². The number of hydrogen-bond acceptors (Lipinski definition) is 2. The highest BCUT2D eigenvalue weighted by atomic mass is 35.5. The molecule has 5 heteroatoms. The van der Waals surface area contributed by atoms with Crippen LogP contribution in [0.25, 0.3) is 0 Å². The minimum Gasteiger partial charge on any atom is -0.368 e. The molecule has 0 radical (unpaired) electrons. The summed E-state index contributed by atoms with van der Waals surface area (Å²) >= 11 is 5.94. The third-order valence-corrected chi connectivity index (χ3v) is 5.19. The molecule has 1 aliphatic heterocycles. The summed E-state index contributed by atoms with van der Waals surface area (Å²) in [5, 5.41) is 4.00. The van der Waals surface area contributed by atoms with E-state index in [-0.39, 0.29) is 6.03 Å². The van der Waals surface area contributed by atoms with E-state index in [1.165, 1.54) is 31.4 Å². The minimum atomic E-state index is 0.118. The lowest BCUT2D eigenvalue weighted by molar-refractivity contribution is 0.189. The lowest BCUT2D eigenvalue weighted by Gasteiger charge is -2.36. The van der Waals surface area contributed by atoms with Crippen molar-refractivity contribution in [2.24, 2.45) is 0 Å². The molecule has 1 saturated carbocycles. The van der Waals surface area contributed by atoms with E-state index < -0.39 is 0 Å². The van der Waals surface area contributed by atoms with Gasteiger partial charge in [0, 0.05) is 42.9 Å². The highest BCUT2D eigenvalue weighted by Gasteiger charge is 2.23. The summed E-state index contributed by atoms with van der Waals surface area (Å²) in [5.41, 5.74) is 1.18. The van der Waals surface area contributed by atoms with E-state index in [1.807, 2.05) is 29.2 Å². The number of anilines is 1. The van der Waals surface area contributed by atoms with Crippen molar-refractivity contribution in [1.82, 2.24) is 10.2 Å². The second kappa shape index (κ2) is 7.91. The molecular formula is C18H26ClN3O. The Labute approximate surface area is 143 Å². The lowest BCUT2D eigenvalue weighted by atomic mass is 10.1. The molecule has 1 aromatic carbocycles. The zero-order chi connectivity index (χ0) is 16.1. The summed E-state index contributed by atoms with van der Waals surface area (Å²) in [6.45, 7) is 3.31. The highest BCUT2D eigenvalue weighted by molar-refractivity contribution is 6.30. The fourth-order valence-corrected chi connectivity index (χ4v) is 3.64. The van der Waals surface area contributed by atoms with Crippen LogP contribution in [0.2, 0.25) is 5.02 Å². The summed E-state index contributed by atoms with van der Waals surface area (Å²) in [7, 11) is 0. The monoisotopic (exact) mass is 335 g/mol. The van der Waals surface area contributed by atoms with E-state index >= 15 is 0 Å². The van der Waals surface area contributed by atoms with Gasteiger partial charge in [0.15, 0.2) is 0 Å². The molecule has 3 rings (SSSR count). The fraction of sp³-hybridized carbons (Fsp3) is 0.611. The van der Waals surface area contributed by atoms with Gasteiger partial charge >= 0.3 is 6.03 Å². The Morgan fingerprint density at radius 3 is 2.17 bits per heavy atom. The molecule has 23 heavy (non-hydrogen) atoms. The number of benzene rings is 1. The van der Waals surface area contributed by atoms with E-state index in [1.54, 1.807) is 0 Å². The predicted molar refractivity (Wildman–Crippen MR) is 95.3 cm³/mol. The highest BCUT2D eigenvalue weighted by Crippen LogP contribution is 2.20. The van der Waals surface area contributed by atoms with Gasteiger partial charge in [-0.1, -0.05) is 37.3 Å².